The maximum Gasteiger partial charge on any atom is 0.341 e. The highest BCUT2D eigenvalue weighted by Gasteiger charge is 2.42. The van der Waals surface area contributed by atoms with Crippen molar-refractivity contribution < 1.29 is 138 Å². The molecule has 0 saturated carbocycles. The molecular weight excluding hydrogens is 1580 g/mol. The Labute approximate surface area is 711 Å². The van der Waals surface area contributed by atoms with Crippen LogP contribution in [0.3, 0.4) is 0 Å². The molecule has 2 aromatic rings. The first-order valence-corrected chi connectivity index (χ1v) is 41.5. The van der Waals surface area contributed by atoms with E-state index in [0.717, 1.165) is 33.7 Å². The predicted molar refractivity (Wildman–Crippen MR) is 448 cm³/mol. The Balaban J connectivity index is 1.07. The van der Waals surface area contributed by atoms with Gasteiger partial charge in [-0.15, -0.1) is 0 Å². The normalized spacial score (nSPS) is 16.1. The fourth-order valence-corrected chi connectivity index (χ4v) is 13.3. The summed E-state index contributed by atoms with van der Waals surface area (Å²) in [6.07, 6.45) is 6.86. The summed E-state index contributed by atoms with van der Waals surface area (Å²) >= 11 is 0. The molecule has 0 unspecified atom stereocenters. The lowest BCUT2D eigenvalue weighted by Gasteiger charge is -2.19. The molecule has 5 aliphatic heterocycles. The van der Waals surface area contributed by atoms with Gasteiger partial charge in [0.1, 0.15) is 58.6 Å². The van der Waals surface area contributed by atoms with Crippen LogP contribution in [0.4, 0.5) is 0 Å². The van der Waals surface area contributed by atoms with Crippen molar-refractivity contribution in [2.45, 2.75) is 73.5 Å². The van der Waals surface area contributed by atoms with Gasteiger partial charge in [-0.05, 0) is 110 Å². The quantitative estimate of drug-likeness (QED) is 0.0460. The number of rotatable bonds is 69. The van der Waals surface area contributed by atoms with Crippen LogP contribution in [0.1, 0.15) is 71.4 Å². The number of aliphatic hydroxyl groups is 1. The van der Waals surface area contributed by atoms with Crippen molar-refractivity contribution >= 4 is 29.1 Å². The van der Waals surface area contributed by atoms with Gasteiger partial charge in [0.25, 0.3) is 0 Å². The summed E-state index contributed by atoms with van der Waals surface area (Å²) in [5.41, 5.74) is 10.9. The molecule has 2 aromatic carbocycles. The maximum atomic E-state index is 15.3. The summed E-state index contributed by atoms with van der Waals surface area (Å²) in [7, 11) is 9.68. The maximum absolute atomic E-state index is 15.3. The molecule has 1 saturated heterocycles. The van der Waals surface area contributed by atoms with Crippen molar-refractivity contribution in [2.24, 2.45) is 26.8 Å². The minimum atomic E-state index is -0.655. The van der Waals surface area contributed by atoms with Gasteiger partial charge in [-0.1, -0.05) is 13.8 Å². The van der Waals surface area contributed by atoms with E-state index in [0.29, 0.717) is 257 Å². The smallest absolute Gasteiger partial charge is 0.341 e. The van der Waals surface area contributed by atoms with Gasteiger partial charge in [0.05, 0.1) is 238 Å². The fourth-order valence-electron chi connectivity index (χ4n) is 13.3. The van der Waals surface area contributed by atoms with Gasteiger partial charge < -0.3 is 134 Å². The van der Waals surface area contributed by atoms with Gasteiger partial charge in [-0.2, -0.15) is 0 Å². The average Bonchev–Trinajstić information content (AvgIpc) is 1.58. The number of esters is 2. The van der Waals surface area contributed by atoms with Gasteiger partial charge in [-0.25, -0.2) is 19.8 Å². The van der Waals surface area contributed by atoms with E-state index in [1.165, 1.54) is 0 Å². The largest absolute Gasteiger partial charge is 0.511 e. The van der Waals surface area contributed by atoms with Gasteiger partial charge in [-0.3, -0.25) is 4.79 Å². The second-order valence-electron chi connectivity index (χ2n) is 28.0. The number of methoxy groups -OCH3 is 6. The number of carbonyl (C=O) groups is 2. The van der Waals surface area contributed by atoms with E-state index in [1.807, 2.05) is 39.0 Å². The number of fused-ring (bicyclic) bond motifs is 5. The Morgan fingerprint density at radius 1 is 0.421 bits per heavy atom. The van der Waals surface area contributed by atoms with Crippen molar-refractivity contribution in [3.8, 4) is 34.5 Å². The highest BCUT2D eigenvalue weighted by Crippen LogP contribution is 2.48. The summed E-state index contributed by atoms with van der Waals surface area (Å²) in [6, 6.07) is 6.99. The summed E-state index contributed by atoms with van der Waals surface area (Å²) in [4.78, 5) is 45.5. The molecule has 8 bridgehead atoms. The van der Waals surface area contributed by atoms with Crippen molar-refractivity contribution in [1.29, 1.82) is 0 Å². The second-order valence-corrected chi connectivity index (χ2v) is 28.0. The van der Waals surface area contributed by atoms with E-state index in [4.69, 9.17) is 138 Å². The van der Waals surface area contributed by atoms with Crippen molar-refractivity contribution in [1.82, 2.24) is 5.32 Å². The monoisotopic (exact) mass is 1700 g/mol. The molecule has 674 valence electrons. The SMILES string of the molecule is CCC1=C(C)C2=NC1=CC1=C(C)C3=C(O)CC(=C4NC(=CC5=NC(=C2)C(C(=O)OCc2cc(OCCOCCOCCOC)c(OCCOCCOCCOC)c(OCCOCCOCCOC)c2)=C5C)[C@@H](C)[C@@H]4CCC(=O)OCc2cc(OCCOCCOCCOC)c(OCCOCCOCCOC)c(OCCOCCOCCOC)c2)C3=N1. The number of hydrogen-bond acceptors (Lipinski definition) is 33. The number of allylic oxidation sites excluding steroid dienone is 11. The predicted octanol–water partition coefficient (Wildman–Crippen LogP) is 9.28. The number of aliphatic imine (C=N–C) groups is 3. The zero-order valence-corrected chi connectivity index (χ0v) is 72.6. The van der Waals surface area contributed by atoms with E-state index in [-0.39, 0.29) is 134 Å². The first kappa shape index (κ1) is 98.4. The summed E-state index contributed by atoms with van der Waals surface area (Å²) in [5.74, 6) is 0.281. The molecule has 0 amide bonds. The van der Waals surface area contributed by atoms with Crippen molar-refractivity contribution in [3.05, 3.63) is 127 Å². The minimum absolute atomic E-state index is 0.00808. The van der Waals surface area contributed by atoms with Gasteiger partial charge in [0.15, 0.2) is 23.0 Å². The molecule has 6 aliphatic rings. The van der Waals surface area contributed by atoms with Gasteiger partial charge >= 0.3 is 11.9 Å². The molecular formula is C88H128N4O29. The summed E-state index contributed by atoms with van der Waals surface area (Å²) in [5, 5.41) is 15.8. The van der Waals surface area contributed by atoms with E-state index in [9.17, 15) is 9.90 Å². The Hall–Kier alpha value is -8.01. The zero-order valence-electron chi connectivity index (χ0n) is 72.6. The van der Waals surface area contributed by atoms with E-state index >= 15 is 4.79 Å². The summed E-state index contributed by atoms with van der Waals surface area (Å²) in [6.45, 7) is 21.2. The van der Waals surface area contributed by atoms with Crippen LogP contribution in [0.2, 0.25) is 0 Å². The molecule has 33 heteroatoms. The van der Waals surface area contributed by atoms with Crippen LogP contribution in [0.15, 0.2) is 131 Å². The third-order valence-corrected chi connectivity index (χ3v) is 19.6. The molecule has 2 N–H and O–H groups in total. The van der Waals surface area contributed by atoms with Gasteiger partial charge in [0, 0.05) is 89.9 Å². The molecule has 0 radical (unpaired) electrons. The van der Waals surface area contributed by atoms with Crippen LogP contribution >= 0.6 is 0 Å². The van der Waals surface area contributed by atoms with Crippen LogP contribution < -0.4 is 33.7 Å². The lowest BCUT2D eigenvalue weighted by molar-refractivity contribution is -0.145. The summed E-state index contributed by atoms with van der Waals surface area (Å²) < 4.78 is 150. The molecule has 1 fully saturated rings. The zero-order chi connectivity index (χ0) is 86.0. The third kappa shape index (κ3) is 32.9. The van der Waals surface area contributed by atoms with Crippen molar-refractivity contribution in [3.63, 3.8) is 0 Å². The standard InChI is InChI=1S/C88H128N4O29/c1-12-67-61(2)70-58-75-82(88(95)121-60-66-53-79(116-47-41-110-35-29-104-23-17-98-8)87(119-50-44-113-38-32-107-26-20-101-11)80(54-66)117-48-42-111-36-30-105-24-18-99-9)63(4)72(90-75)56-71-62(3)68(84(91-71)69-55-76(93)83-64(5)73(92-85(69)83)57-74(67)89-70)13-14-81(94)120-59-65-51-77(114-45-39-108-33-27-102-21-15-96-6)86(118-49-43-112-37-31-106-25-19-100-10)78(52-65)115-46-40-109-34-28-103-22-16-97-7/h51-54,56-58,62,68,91,93H,12-50,55,59-60H2,1-11H3/t62-,68-/m0/s1. The van der Waals surface area contributed by atoms with E-state index in [1.54, 1.807) is 66.9 Å². The molecule has 1 aliphatic carbocycles. The fraction of sp³-hybridized carbons (Fsp3) is 0.625. The number of carbonyl (C=O) groups excluding carboxylic acids is 2. The Morgan fingerprint density at radius 2 is 0.777 bits per heavy atom. The van der Waals surface area contributed by atoms with Crippen LogP contribution in [-0.2, 0) is 118 Å². The Bertz CT molecular complexity index is 3810. The molecule has 5 heterocycles. The van der Waals surface area contributed by atoms with E-state index < -0.39 is 11.9 Å². The number of aliphatic hydroxyl groups excluding tert-OH is 1. The molecule has 8 rings (SSSR count). The third-order valence-electron chi connectivity index (χ3n) is 19.6. The number of ether oxygens (including phenoxy) is 26. The molecule has 2 atom stereocenters. The molecule has 33 nitrogen and oxygen atoms in total. The molecule has 121 heavy (non-hydrogen) atoms. The Kier molecular flexibility index (Phi) is 46.7. The van der Waals surface area contributed by atoms with Crippen LogP contribution in [0, 0.1) is 11.8 Å². The topological polar surface area (TPSA) is 343 Å². The first-order chi connectivity index (χ1) is 59.3. The second kappa shape index (κ2) is 57.4. The van der Waals surface area contributed by atoms with Crippen LogP contribution in [-0.4, -0.2) is 315 Å². The van der Waals surface area contributed by atoms with E-state index in [2.05, 4.69) is 19.2 Å². The lowest BCUT2D eigenvalue weighted by Crippen LogP contribution is -2.16. The highest BCUT2D eigenvalue weighted by atomic mass is 16.6. The number of benzene rings is 2. The van der Waals surface area contributed by atoms with Crippen molar-refractivity contribution in [2.75, 3.05) is 281 Å². The Morgan fingerprint density at radius 3 is 1.17 bits per heavy atom. The minimum Gasteiger partial charge on any atom is -0.511 e. The van der Waals surface area contributed by atoms with Crippen LogP contribution in [0.5, 0.6) is 34.5 Å². The number of hydrogen-bond donors (Lipinski definition) is 2. The lowest BCUT2D eigenvalue weighted by atomic mass is 9.86. The molecule has 0 aromatic heterocycles. The van der Waals surface area contributed by atoms with Crippen LogP contribution in [0.25, 0.3) is 0 Å². The highest BCUT2D eigenvalue weighted by molar-refractivity contribution is 6.22. The number of nitrogens with zero attached hydrogens (tertiary/aromatic N) is 3. The average molecular weight is 1710 g/mol. The number of nitrogens with one attached hydrogen (secondary N) is 1. The molecule has 0 spiro atoms. The van der Waals surface area contributed by atoms with Gasteiger partial charge in [0.2, 0.25) is 11.5 Å². The first-order valence-electron chi connectivity index (χ1n) is 41.5.